The van der Waals surface area contributed by atoms with E-state index in [4.69, 9.17) is 16.3 Å². The Morgan fingerprint density at radius 2 is 1.89 bits per heavy atom. The van der Waals surface area contributed by atoms with Crippen LogP contribution in [0.15, 0.2) is 54.6 Å². The molecule has 3 aromatic rings. The molecule has 5 heteroatoms. The van der Waals surface area contributed by atoms with Crippen molar-refractivity contribution in [2.24, 2.45) is 0 Å². The van der Waals surface area contributed by atoms with Crippen molar-refractivity contribution in [3.63, 3.8) is 0 Å². The first-order chi connectivity index (χ1) is 13.2. The van der Waals surface area contributed by atoms with Gasteiger partial charge in [0.1, 0.15) is 5.75 Å². The maximum absolute atomic E-state index is 6.03. The summed E-state index contributed by atoms with van der Waals surface area (Å²) in [5.74, 6) is 1.89. The van der Waals surface area contributed by atoms with Gasteiger partial charge >= 0.3 is 0 Å². The predicted octanol–water partition coefficient (Wildman–Crippen LogP) is 5.34. The quantitative estimate of drug-likeness (QED) is 0.648. The first-order valence-corrected chi connectivity index (χ1v) is 9.81. The van der Waals surface area contributed by atoms with E-state index in [0.717, 1.165) is 40.8 Å². The second-order valence-corrected chi connectivity index (χ2v) is 7.48. The van der Waals surface area contributed by atoms with Gasteiger partial charge in [0.25, 0.3) is 0 Å². The Bertz CT molecular complexity index is 873. The van der Waals surface area contributed by atoms with Gasteiger partial charge in [-0.2, -0.15) is 5.10 Å². The fourth-order valence-corrected chi connectivity index (χ4v) is 3.91. The van der Waals surface area contributed by atoms with E-state index in [-0.39, 0.29) is 0 Å². The lowest BCUT2D eigenvalue weighted by molar-refractivity contribution is 0.415. The van der Waals surface area contributed by atoms with Crippen molar-refractivity contribution in [3.8, 4) is 17.0 Å². The number of hydrogen-bond donors (Lipinski definition) is 1. The van der Waals surface area contributed by atoms with Gasteiger partial charge in [0.05, 0.1) is 12.8 Å². The zero-order valence-corrected chi connectivity index (χ0v) is 16.2. The highest BCUT2D eigenvalue weighted by Gasteiger charge is 2.25. The Morgan fingerprint density at radius 1 is 1.11 bits per heavy atom. The van der Waals surface area contributed by atoms with E-state index in [1.165, 1.54) is 24.8 Å². The number of aromatic nitrogens is 2. The van der Waals surface area contributed by atoms with Crippen molar-refractivity contribution < 1.29 is 4.74 Å². The third-order valence-corrected chi connectivity index (χ3v) is 5.52. The van der Waals surface area contributed by atoms with Crippen LogP contribution in [0.1, 0.15) is 24.8 Å². The second-order valence-electron chi connectivity index (χ2n) is 7.04. The number of halogens is 1. The molecule has 2 aromatic carbocycles. The molecule has 140 valence electrons. The monoisotopic (exact) mass is 381 g/mol. The largest absolute Gasteiger partial charge is 0.497 e. The van der Waals surface area contributed by atoms with Crippen molar-refractivity contribution >= 4 is 17.4 Å². The average Bonchev–Trinajstić information content (AvgIpc) is 3.20. The van der Waals surface area contributed by atoms with Crippen molar-refractivity contribution in [2.45, 2.75) is 31.7 Å². The molecule has 1 fully saturated rings. The number of benzene rings is 2. The van der Waals surface area contributed by atoms with Gasteiger partial charge < -0.3 is 9.64 Å². The van der Waals surface area contributed by atoms with Crippen molar-refractivity contribution in [1.82, 2.24) is 10.2 Å². The highest BCUT2D eigenvalue weighted by atomic mass is 35.5. The maximum Gasteiger partial charge on any atom is 0.151 e. The summed E-state index contributed by atoms with van der Waals surface area (Å²) < 4.78 is 5.24. The molecule has 1 N–H and O–H groups in total. The number of ether oxygens (including phenoxy) is 1. The summed E-state index contributed by atoms with van der Waals surface area (Å²) in [7, 11) is 1.68. The summed E-state index contributed by atoms with van der Waals surface area (Å²) in [6.07, 6.45) is 4.68. The summed E-state index contributed by atoms with van der Waals surface area (Å²) in [5.41, 5.74) is 3.46. The summed E-state index contributed by atoms with van der Waals surface area (Å²) in [4.78, 5) is 2.45. The van der Waals surface area contributed by atoms with Crippen LogP contribution in [0.3, 0.4) is 0 Å². The molecule has 1 aromatic heterocycles. The van der Waals surface area contributed by atoms with E-state index in [9.17, 15) is 0 Å². The van der Waals surface area contributed by atoms with Crippen LogP contribution in [-0.4, -0.2) is 29.9 Å². The van der Waals surface area contributed by atoms with E-state index >= 15 is 0 Å². The fraction of sp³-hybridized carbons (Fsp3) is 0.318. The van der Waals surface area contributed by atoms with E-state index in [1.807, 2.05) is 24.3 Å². The third-order valence-electron chi connectivity index (χ3n) is 5.27. The minimum absolute atomic E-state index is 0.465. The van der Waals surface area contributed by atoms with Gasteiger partial charge in [-0.3, -0.25) is 5.10 Å². The lowest BCUT2D eigenvalue weighted by Crippen LogP contribution is -2.41. The number of rotatable bonds is 5. The number of nitrogens with one attached hydrogen (secondary N) is 1. The van der Waals surface area contributed by atoms with Gasteiger partial charge in [-0.05, 0) is 73.2 Å². The number of aromatic amines is 1. The molecule has 0 amide bonds. The molecule has 0 saturated carbocycles. The molecule has 1 unspecified atom stereocenters. The smallest absolute Gasteiger partial charge is 0.151 e. The summed E-state index contributed by atoms with van der Waals surface area (Å²) in [6.45, 7) is 1.05. The molecule has 4 rings (SSSR count). The van der Waals surface area contributed by atoms with Crippen molar-refractivity contribution in [1.29, 1.82) is 0 Å². The van der Waals surface area contributed by atoms with E-state index in [1.54, 1.807) is 7.11 Å². The van der Waals surface area contributed by atoms with Crippen LogP contribution < -0.4 is 9.64 Å². The lowest BCUT2D eigenvalue weighted by Gasteiger charge is -2.36. The molecule has 1 atom stereocenters. The first-order valence-electron chi connectivity index (χ1n) is 9.44. The highest BCUT2D eigenvalue weighted by molar-refractivity contribution is 6.30. The third kappa shape index (κ3) is 4.11. The number of piperidine rings is 1. The molecule has 1 aliphatic heterocycles. The van der Waals surface area contributed by atoms with Crippen LogP contribution in [0.4, 0.5) is 5.82 Å². The zero-order chi connectivity index (χ0) is 18.6. The van der Waals surface area contributed by atoms with Crippen LogP contribution in [0.25, 0.3) is 11.3 Å². The van der Waals surface area contributed by atoms with E-state index in [0.29, 0.717) is 6.04 Å². The molecule has 0 spiro atoms. The Kier molecular flexibility index (Phi) is 5.35. The number of H-pyrrole nitrogens is 1. The average molecular weight is 382 g/mol. The second kappa shape index (κ2) is 8.05. The summed E-state index contributed by atoms with van der Waals surface area (Å²) in [6, 6.07) is 18.9. The molecular formula is C22H24ClN3O. The normalized spacial score (nSPS) is 17.1. The Labute approximate surface area is 165 Å². The Balaban J connectivity index is 1.53. The SMILES string of the molecule is COc1ccc(-c2cc(N3CCCCC3Cc3ccc(Cl)cc3)n[nH]2)cc1. The molecule has 1 aliphatic rings. The summed E-state index contributed by atoms with van der Waals surface area (Å²) >= 11 is 6.03. The number of hydrogen-bond acceptors (Lipinski definition) is 3. The van der Waals surface area contributed by atoms with Crippen molar-refractivity contribution in [3.05, 3.63) is 65.2 Å². The molecule has 4 nitrogen and oxygen atoms in total. The molecular weight excluding hydrogens is 358 g/mol. The number of methoxy groups -OCH3 is 1. The number of nitrogens with zero attached hydrogens (tertiary/aromatic N) is 2. The first kappa shape index (κ1) is 17.9. The van der Waals surface area contributed by atoms with Crippen LogP contribution in [0, 0.1) is 0 Å². The van der Waals surface area contributed by atoms with Gasteiger partial charge in [-0.1, -0.05) is 23.7 Å². The summed E-state index contributed by atoms with van der Waals surface area (Å²) in [5, 5.41) is 8.60. The van der Waals surface area contributed by atoms with Gasteiger partial charge in [0.2, 0.25) is 0 Å². The molecule has 27 heavy (non-hydrogen) atoms. The molecule has 2 heterocycles. The topological polar surface area (TPSA) is 41.1 Å². The van der Waals surface area contributed by atoms with Crippen LogP contribution in [0.5, 0.6) is 5.75 Å². The van der Waals surface area contributed by atoms with Crippen LogP contribution in [-0.2, 0) is 6.42 Å². The van der Waals surface area contributed by atoms with Gasteiger partial charge in [0, 0.05) is 23.7 Å². The fourth-order valence-electron chi connectivity index (χ4n) is 3.78. The zero-order valence-electron chi connectivity index (χ0n) is 15.5. The molecule has 0 radical (unpaired) electrons. The Morgan fingerprint density at radius 3 is 2.63 bits per heavy atom. The van der Waals surface area contributed by atoms with E-state index < -0.39 is 0 Å². The molecule has 1 saturated heterocycles. The lowest BCUT2D eigenvalue weighted by atomic mass is 9.95. The highest BCUT2D eigenvalue weighted by Crippen LogP contribution is 2.29. The predicted molar refractivity (Wildman–Crippen MR) is 111 cm³/mol. The minimum Gasteiger partial charge on any atom is -0.497 e. The van der Waals surface area contributed by atoms with Crippen LogP contribution >= 0.6 is 11.6 Å². The number of anilines is 1. The van der Waals surface area contributed by atoms with Gasteiger partial charge in [-0.15, -0.1) is 0 Å². The standard InChI is InChI=1S/C22H24ClN3O/c1-27-20-11-7-17(8-12-20)21-15-22(25-24-21)26-13-3-2-4-19(26)14-16-5-9-18(23)10-6-16/h5-12,15,19H,2-4,13-14H2,1H3,(H,24,25). The van der Waals surface area contributed by atoms with Crippen LogP contribution in [0.2, 0.25) is 5.02 Å². The van der Waals surface area contributed by atoms with Gasteiger partial charge in [-0.25, -0.2) is 0 Å². The minimum atomic E-state index is 0.465. The van der Waals surface area contributed by atoms with Gasteiger partial charge in [0.15, 0.2) is 5.82 Å². The molecule has 0 bridgehead atoms. The Hall–Kier alpha value is -2.46. The maximum atomic E-state index is 6.03. The van der Waals surface area contributed by atoms with Crippen molar-refractivity contribution in [2.75, 3.05) is 18.6 Å². The molecule has 0 aliphatic carbocycles. The van der Waals surface area contributed by atoms with E-state index in [2.05, 4.69) is 45.4 Å².